The van der Waals surface area contributed by atoms with E-state index in [1.807, 2.05) is 42.3 Å². The van der Waals surface area contributed by atoms with Crippen molar-refractivity contribution in [1.82, 2.24) is 20.0 Å². The van der Waals surface area contributed by atoms with Crippen LogP contribution < -0.4 is 4.74 Å². The van der Waals surface area contributed by atoms with E-state index in [0.717, 1.165) is 54.1 Å². The summed E-state index contributed by atoms with van der Waals surface area (Å²) in [6.07, 6.45) is 12.8. The number of pyridine rings is 1. The smallest absolute Gasteiger partial charge is 0.127 e. The molecule has 0 fully saturated rings. The van der Waals surface area contributed by atoms with E-state index in [2.05, 4.69) is 63.8 Å². The van der Waals surface area contributed by atoms with E-state index < -0.39 is 0 Å². The summed E-state index contributed by atoms with van der Waals surface area (Å²) < 4.78 is 8.04. The van der Waals surface area contributed by atoms with Crippen LogP contribution in [0, 0.1) is 6.92 Å². The van der Waals surface area contributed by atoms with Crippen molar-refractivity contribution in [1.29, 1.82) is 0 Å². The highest BCUT2D eigenvalue weighted by atomic mass is 16.5. The summed E-state index contributed by atoms with van der Waals surface area (Å²) in [4.78, 5) is 4.24. The Hall–Kier alpha value is -3.47. The topological polar surface area (TPSA) is 52.8 Å². The molecule has 0 aliphatic carbocycles. The second-order valence-electron chi connectivity index (χ2n) is 8.45. The first-order valence-corrected chi connectivity index (χ1v) is 11.9. The third-order valence-corrected chi connectivity index (χ3v) is 5.72. The number of para-hydroxylation sites is 1. The lowest BCUT2D eigenvalue weighted by Crippen LogP contribution is -2.00. The Morgan fingerprint density at radius 2 is 1.55 bits per heavy atom. The summed E-state index contributed by atoms with van der Waals surface area (Å²) in [6.45, 7) is 3.71. The van der Waals surface area contributed by atoms with Crippen LogP contribution in [0.15, 0.2) is 79.3 Å². The van der Waals surface area contributed by atoms with Crippen LogP contribution in [0.25, 0.3) is 22.4 Å². The molecule has 0 spiro atoms. The Morgan fingerprint density at radius 3 is 2.39 bits per heavy atom. The van der Waals surface area contributed by atoms with E-state index in [1.165, 1.54) is 31.2 Å². The molecule has 0 aliphatic rings. The van der Waals surface area contributed by atoms with Crippen molar-refractivity contribution in [2.75, 3.05) is 6.61 Å². The summed E-state index contributed by atoms with van der Waals surface area (Å²) in [5.41, 5.74) is 5.40. The Balaban J connectivity index is 1.10. The van der Waals surface area contributed by atoms with Crippen molar-refractivity contribution in [2.24, 2.45) is 0 Å². The normalized spacial score (nSPS) is 10.9. The lowest BCUT2D eigenvalue weighted by molar-refractivity contribution is 0.305. The molecular weight excluding hydrogens is 408 g/mol. The quantitative estimate of drug-likeness (QED) is 0.229. The van der Waals surface area contributed by atoms with Crippen molar-refractivity contribution in [2.45, 2.75) is 52.0 Å². The molecule has 2 heterocycles. The number of hydrogen-bond donors (Lipinski definition) is 0. The van der Waals surface area contributed by atoms with Gasteiger partial charge in [0, 0.05) is 30.1 Å². The molecule has 5 nitrogen and oxygen atoms in total. The van der Waals surface area contributed by atoms with Gasteiger partial charge in [-0.1, -0.05) is 79.4 Å². The first kappa shape index (κ1) is 22.7. The molecule has 0 N–H and O–H groups in total. The minimum atomic E-state index is 0.763. The van der Waals surface area contributed by atoms with Crippen LogP contribution in [0.5, 0.6) is 5.75 Å². The zero-order valence-electron chi connectivity index (χ0n) is 19.4. The summed E-state index contributed by atoms with van der Waals surface area (Å²) >= 11 is 0. The zero-order chi connectivity index (χ0) is 22.7. The summed E-state index contributed by atoms with van der Waals surface area (Å²) in [5.74, 6) is 0.970. The van der Waals surface area contributed by atoms with Crippen molar-refractivity contribution >= 4 is 0 Å². The molecule has 170 valence electrons. The van der Waals surface area contributed by atoms with Crippen LogP contribution in [-0.2, 0) is 6.54 Å². The number of ether oxygens (including phenoxy) is 1. The summed E-state index contributed by atoms with van der Waals surface area (Å²) in [6, 6.07) is 20.8. The minimum absolute atomic E-state index is 0.763. The molecule has 0 saturated carbocycles. The van der Waals surface area contributed by atoms with Gasteiger partial charge in [-0.3, -0.25) is 9.67 Å². The average molecular weight is 441 g/mol. The van der Waals surface area contributed by atoms with Crippen LogP contribution in [0.2, 0.25) is 0 Å². The Labute approximate surface area is 196 Å². The molecule has 0 amide bonds. The van der Waals surface area contributed by atoms with Crippen molar-refractivity contribution in [3.63, 3.8) is 0 Å². The van der Waals surface area contributed by atoms with Crippen LogP contribution in [0.1, 0.15) is 44.1 Å². The van der Waals surface area contributed by atoms with Crippen molar-refractivity contribution in [3.05, 3.63) is 84.8 Å². The molecule has 33 heavy (non-hydrogen) atoms. The third kappa shape index (κ3) is 6.75. The molecule has 4 aromatic rings. The fourth-order valence-electron chi connectivity index (χ4n) is 3.95. The number of rotatable bonds is 12. The average Bonchev–Trinajstić information content (AvgIpc) is 3.33. The van der Waals surface area contributed by atoms with Gasteiger partial charge < -0.3 is 4.74 Å². The highest BCUT2D eigenvalue weighted by Gasteiger charge is 2.06. The fourth-order valence-corrected chi connectivity index (χ4v) is 3.95. The highest BCUT2D eigenvalue weighted by molar-refractivity contribution is 5.70. The summed E-state index contributed by atoms with van der Waals surface area (Å²) in [5, 5.41) is 8.55. The lowest BCUT2D eigenvalue weighted by Gasteiger charge is -2.11. The van der Waals surface area contributed by atoms with Crippen molar-refractivity contribution in [3.8, 4) is 28.1 Å². The van der Waals surface area contributed by atoms with Gasteiger partial charge in [0.15, 0.2) is 0 Å². The predicted octanol–water partition coefficient (Wildman–Crippen LogP) is 6.74. The third-order valence-electron chi connectivity index (χ3n) is 5.72. The minimum Gasteiger partial charge on any atom is -0.493 e. The van der Waals surface area contributed by atoms with E-state index in [1.54, 1.807) is 0 Å². The maximum Gasteiger partial charge on any atom is 0.127 e. The van der Waals surface area contributed by atoms with E-state index in [-0.39, 0.29) is 0 Å². The second kappa shape index (κ2) is 12.0. The molecule has 0 unspecified atom stereocenters. The maximum atomic E-state index is 6.10. The molecule has 0 radical (unpaired) electrons. The first-order valence-electron chi connectivity index (χ1n) is 11.9. The van der Waals surface area contributed by atoms with Crippen LogP contribution in [0.4, 0.5) is 0 Å². The number of unbranched alkanes of at least 4 members (excludes halogenated alkanes) is 5. The van der Waals surface area contributed by atoms with Gasteiger partial charge in [-0.05, 0) is 43.0 Å². The van der Waals surface area contributed by atoms with Gasteiger partial charge in [0.05, 0.1) is 12.8 Å². The Morgan fingerprint density at radius 1 is 0.788 bits per heavy atom. The van der Waals surface area contributed by atoms with Gasteiger partial charge in [0.25, 0.3) is 0 Å². The molecule has 4 rings (SSSR count). The van der Waals surface area contributed by atoms with Gasteiger partial charge in [-0.15, -0.1) is 5.10 Å². The van der Waals surface area contributed by atoms with Crippen molar-refractivity contribution < 1.29 is 4.74 Å². The number of benzene rings is 2. The highest BCUT2D eigenvalue weighted by Crippen LogP contribution is 2.29. The molecule has 2 aromatic heterocycles. The SMILES string of the molecule is Cc1cncc(-c2cn(CCCCCCCCOc3ccccc3-c3ccccc3)nn2)c1. The van der Waals surface area contributed by atoms with E-state index >= 15 is 0 Å². The second-order valence-corrected chi connectivity index (χ2v) is 8.45. The van der Waals surface area contributed by atoms with Gasteiger partial charge in [0.2, 0.25) is 0 Å². The number of nitrogens with zero attached hydrogens (tertiary/aromatic N) is 4. The first-order chi connectivity index (χ1) is 16.3. The van der Waals surface area contributed by atoms with E-state index in [4.69, 9.17) is 4.74 Å². The molecule has 0 aliphatic heterocycles. The molecule has 0 saturated heterocycles. The molecule has 0 bridgehead atoms. The zero-order valence-corrected chi connectivity index (χ0v) is 19.4. The predicted molar refractivity (Wildman–Crippen MR) is 133 cm³/mol. The van der Waals surface area contributed by atoms with Gasteiger partial charge in [-0.2, -0.15) is 0 Å². The molecule has 2 aromatic carbocycles. The fraction of sp³-hybridized carbons (Fsp3) is 0.321. The molecule has 5 heteroatoms. The van der Waals surface area contributed by atoms with Gasteiger partial charge in [-0.25, -0.2) is 0 Å². The van der Waals surface area contributed by atoms with Crippen LogP contribution in [-0.4, -0.2) is 26.6 Å². The van der Waals surface area contributed by atoms with E-state index in [0.29, 0.717) is 0 Å². The lowest BCUT2D eigenvalue weighted by atomic mass is 10.0. The van der Waals surface area contributed by atoms with Gasteiger partial charge in [0.1, 0.15) is 11.4 Å². The molecular formula is C28H32N4O. The number of hydrogen-bond acceptors (Lipinski definition) is 4. The maximum absolute atomic E-state index is 6.10. The summed E-state index contributed by atoms with van der Waals surface area (Å²) in [7, 11) is 0. The monoisotopic (exact) mass is 440 g/mol. The van der Waals surface area contributed by atoms with Crippen LogP contribution in [0.3, 0.4) is 0 Å². The largest absolute Gasteiger partial charge is 0.493 e. The number of aromatic nitrogens is 4. The number of aryl methyl sites for hydroxylation is 2. The van der Waals surface area contributed by atoms with E-state index in [9.17, 15) is 0 Å². The Bertz CT molecular complexity index is 1120. The Kier molecular flexibility index (Phi) is 8.23. The standard InChI is InChI=1S/C28H32N4O/c1-23-19-25(21-29-20-23)27-22-32(31-30-27)17-11-4-2-3-5-12-18-33-28-16-10-9-15-26(28)24-13-7-6-8-14-24/h6-10,13-16,19-22H,2-5,11-12,17-18H2,1H3. The molecule has 0 atom stereocenters. The van der Waals surface area contributed by atoms with Gasteiger partial charge >= 0.3 is 0 Å². The van der Waals surface area contributed by atoms with Crippen LogP contribution >= 0.6 is 0 Å².